The molecule has 0 bridgehead atoms. The number of anilines is 1. The molecule has 8 aromatic carbocycles. The van der Waals surface area contributed by atoms with Crippen LogP contribution in [-0.4, -0.2) is 94.6 Å². The maximum absolute atomic E-state index is 12.7. The number of hydrazine groups is 1. The van der Waals surface area contributed by atoms with Gasteiger partial charge in [-0.25, -0.2) is 0 Å². The highest BCUT2D eigenvalue weighted by Crippen LogP contribution is 2.40. The van der Waals surface area contributed by atoms with Crippen molar-refractivity contribution in [1.82, 2.24) is 29.7 Å². The smallest absolute Gasteiger partial charge is 0.261 e. The Labute approximate surface area is 671 Å². The van der Waals surface area contributed by atoms with Crippen LogP contribution in [0.25, 0.3) is 43.6 Å². The van der Waals surface area contributed by atoms with Crippen molar-refractivity contribution < 1.29 is 38.4 Å². The summed E-state index contributed by atoms with van der Waals surface area (Å²) < 4.78 is 5.56. The van der Waals surface area contributed by atoms with Gasteiger partial charge in [-0.3, -0.25) is 54.0 Å². The van der Waals surface area contributed by atoms with Gasteiger partial charge < -0.3 is 31.1 Å². The Balaban J connectivity index is 0.000000107. The molecular weight excluding hydrogens is 1700 g/mol. The Kier molecular flexibility index (Phi) is 23.3. The summed E-state index contributed by atoms with van der Waals surface area (Å²) >= 11 is 17.4. The van der Waals surface area contributed by atoms with Gasteiger partial charge in [0, 0.05) is 156 Å². The normalized spacial score (nSPS) is 19.1. The van der Waals surface area contributed by atoms with Gasteiger partial charge in [0.05, 0.1) is 28.7 Å². The monoisotopic (exact) mass is 1770 g/mol. The molecule has 21 rings (SSSR count). The number of benzene rings is 8. The fourth-order valence-corrected chi connectivity index (χ4v) is 17.8. The van der Waals surface area contributed by atoms with Crippen LogP contribution in [0.2, 0.25) is 0 Å². The predicted molar refractivity (Wildman–Crippen MR) is 445 cm³/mol. The van der Waals surface area contributed by atoms with Gasteiger partial charge in [0.25, 0.3) is 23.6 Å². The van der Waals surface area contributed by atoms with E-state index in [-0.39, 0.29) is 65.3 Å². The van der Waals surface area contributed by atoms with Crippen molar-refractivity contribution in [3.8, 4) is 0 Å². The Bertz CT molecular complexity index is 5330. The first-order valence-electron chi connectivity index (χ1n) is 36.5. The van der Waals surface area contributed by atoms with Gasteiger partial charge in [0.1, 0.15) is 5.78 Å². The minimum atomic E-state index is -0.259. The molecule has 22 heteroatoms. The van der Waals surface area contributed by atoms with Crippen LogP contribution in [0.15, 0.2) is 204 Å². The number of aromatic amines is 4. The lowest BCUT2D eigenvalue weighted by Crippen LogP contribution is -2.40. The zero-order chi connectivity index (χ0) is 76.5. The summed E-state index contributed by atoms with van der Waals surface area (Å²) in [5.74, 6) is 6.19. The van der Waals surface area contributed by atoms with Gasteiger partial charge in [-0.05, 0) is 213 Å². The van der Waals surface area contributed by atoms with E-state index >= 15 is 0 Å². The number of imide groups is 2. The van der Waals surface area contributed by atoms with Crippen molar-refractivity contribution in [2.75, 3.05) is 5.43 Å². The second kappa shape index (κ2) is 33.1. The molecule has 554 valence electrons. The fraction of sp³-hybridized carbons (Fsp3) is 0.241. The Morgan fingerprint density at radius 1 is 0.394 bits per heavy atom. The van der Waals surface area contributed by atoms with E-state index in [1.807, 2.05) is 36.4 Å². The average molecular weight is 1780 g/mol. The molecule has 7 aliphatic carbocycles. The third-order valence-corrected chi connectivity index (χ3v) is 23.7. The lowest BCUT2D eigenvalue weighted by Gasteiger charge is -2.21. The maximum atomic E-state index is 12.7. The van der Waals surface area contributed by atoms with Crippen molar-refractivity contribution in [2.24, 2.45) is 23.4 Å². The third-order valence-electron chi connectivity index (χ3n) is 21.2. The maximum Gasteiger partial charge on any atom is 0.261 e. The van der Waals surface area contributed by atoms with Crippen LogP contribution >= 0.6 is 79.6 Å². The molecule has 9 N–H and O–H groups in total. The molecule has 109 heavy (non-hydrogen) atoms. The molecule has 0 saturated heterocycles. The van der Waals surface area contributed by atoms with Gasteiger partial charge in [-0.2, -0.15) is 0 Å². The number of amides is 4. The number of aromatic nitrogens is 4. The Morgan fingerprint density at radius 3 is 1.13 bits per heavy atom. The van der Waals surface area contributed by atoms with Crippen molar-refractivity contribution in [2.45, 2.75) is 122 Å². The molecule has 0 spiro atoms. The molecule has 5 atom stereocenters. The van der Waals surface area contributed by atoms with E-state index in [1.54, 1.807) is 78.9 Å². The molecule has 4 amide bonds. The number of hydrogen-bond acceptors (Lipinski definition) is 11. The largest absolute Gasteiger partial charge is 0.358 e. The van der Waals surface area contributed by atoms with Crippen LogP contribution in [0.5, 0.6) is 0 Å². The number of nitrogens with one attached hydrogen (secondary N) is 5. The van der Waals surface area contributed by atoms with Gasteiger partial charge >= 0.3 is 0 Å². The van der Waals surface area contributed by atoms with E-state index in [0.29, 0.717) is 71.5 Å². The number of Topliss-reactive ketones (excluding diaryl/α,β-unsaturated/α-hetero) is 3. The van der Waals surface area contributed by atoms with Crippen LogP contribution in [0, 0.1) is 11.8 Å². The lowest BCUT2D eigenvalue weighted by atomic mass is 10.1. The topological polar surface area (TPSA) is 270 Å². The molecular formula is C87H78Br5N9O8. The zero-order valence-electron chi connectivity index (χ0n) is 59.8. The van der Waals surface area contributed by atoms with E-state index in [0.717, 1.165) is 67.8 Å². The van der Waals surface area contributed by atoms with Gasteiger partial charge in [0.15, 0.2) is 17.3 Å². The molecule has 6 heterocycles. The highest BCUT2D eigenvalue weighted by Gasteiger charge is 2.44. The van der Waals surface area contributed by atoms with Crippen molar-refractivity contribution in [1.29, 1.82) is 0 Å². The Hall–Kier alpha value is -9.26. The number of carbonyl (C=O) groups is 8. The van der Waals surface area contributed by atoms with Gasteiger partial charge in [-0.1, -0.05) is 148 Å². The number of nitrogens with zero attached hydrogens (tertiary/aromatic N) is 2. The van der Waals surface area contributed by atoms with Crippen molar-refractivity contribution in [3.05, 3.63) is 283 Å². The number of rotatable bonds is 3. The summed E-state index contributed by atoms with van der Waals surface area (Å²) in [4.78, 5) is 110. The van der Waals surface area contributed by atoms with Crippen LogP contribution in [0.3, 0.4) is 0 Å². The predicted octanol–water partition coefficient (Wildman–Crippen LogP) is 18.9. The highest BCUT2D eigenvalue weighted by atomic mass is 79.9. The van der Waals surface area contributed by atoms with Crippen LogP contribution in [0.1, 0.15) is 160 Å². The number of nitrogens with two attached hydrogens (primary N) is 2. The second-order valence-corrected chi connectivity index (χ2v) is 33.5. The standard InChI is InChI=1S/C19H13BrN2O2.C13H11NO3.2C12H12BrN.C11H11BrN2.C9H6O2.C6H7BrN2.C5H6O/c20-10-5-6-16-14(7-10)15-8-11(9-17(15)21-16)22-18(23)12-3-1-2-4-13(12)19(22)24;15-9-6-5-8(7-9)14-12(16)10-3-1-2-4-11(10)13(14)17;2*1-7-4-9-10-6-8(13)2-3-11(10)14-12(9)5-7;12-6-1-2-10-8(3-6)9-4-7(13)5-11(9)14-10;10-8-5-9(11)7-4-2-1-3-6(7)8;7-5-1-3-6(9-8)4-2-5;6-5-3-1-2-4-5/h1-7,11,21H,8-9H2;1-4,8H,5-7H2;2*2-3,6-7,14H,4-5H2,1H3;1-3,7,14H,4-5,13H2;1-4H,5H2;1-4,9H,8H2;1,3H,2,4H2/t;;7-;;;;;/m..0...../s1. The summed E-state index contributed by atoms with van der Waals surface area (Å²) in [6.07, 6.45) is 14.9. The van der Waals surface area contributed by atoms with Crippen LogP contribution in [0.4, 0.5) is 5.69 Å². The molecule has 12 aromatic rings. The molecule has 17 nitrogen and oxygen atoms in total. The number of carbonyl (C=O) groups excluding carboxylic acids is 8. The number of allylic oxidation sites excluding steroid dienone is 2. The van der Waals surface area contributed by atoms with Crippen molar-refractivity contribution in [3.63, 3.8) is 0 Å². The van der Waals surface area contributed by atoms with E-state index in [1.165, 1.54) is 122 Å². The first-order valence-corrected chi connectivity index (χ1v) is 40.4. The first kappa shape index (κ1) is 76.5. The summed E-state index contributed by atoms with van der Waals surface area (Å²) in [7, 11) is 0. The number of hydrogen-bond donors (Lipinski definition) is 7. The average Bonchev–Trinajstić information content (AvgIpc) is 1.63. The molecule has 0 radical (unpaired) electrons. The van der Waals surface area contributed by atoms with Crippen molar-refractivity contribution >= 4 is 176 Å². The lowest BCUT2D eigenvalue weighted by molar-refractivity contribution is -0.117. The Morgan fingerprint density at radius 2 is 0.761 bits per heavy atom. The molecule has 4 unspecified atom stereocenters. The van der Waals surface area contributed by atoms with Gasteiger partial charge in [0.2, 0.25) is 0 Å². The van der Waals surface area contributed by atoms with E-state index in [2.05, 4.69) is 186 Å². The van der Waals surface area contributed by atoms with E-state index < -0.39 is 0 Å². The number of fused-ring (bicyclic) bond motifs is 15. The minimum absolute atomic E-state index is 0.0504. The summed E-state index contributed by atoms with van der Waals surface area (Å²) in [5, 5.41) is 5.29. The number of ketones is 4. The van der Waals surface area contributed by atoms with E-state index in [4.69, 9.17) is 11.6 Å². The third kappa shape index (κ3) is 16.6. The molecule has 1 fully saturated rings. The van der Waals surface area contributed by atoms with E-state index in [9.17, 15) is 38.4 Å². The van der Waals surface area contributed by atoms with Crippen LogP contribution in [-0.2, 0) is 61.0 Å². The zero-order valence-corrected chi connectivity index (χ0v) is 67.7. The molecule has 9 aliphatic rings. The summed E-state index contributed by atoms with van der Waals surface area (Å²) in [6, 6.07) is 53.9. The number of nitrogen functional groups attached to an aromatic ring is 1. The first-order chi connectivity index (χ1) is 52.5. The second-order valence-electron chi connectivity index (χ2n) is 29.0. The van der Waals surface area contributed by atoms with Gasteiger partial charge in [-0.15, -0.1) is 0 Å². The fourth-order valence-electron chi connectivity index (χ4n) is 16.1. The summed E-state index contributed by atoms with van der Waals surface area (Å²) in [6.45, 7) is 4.63. The quantitative estimate of drug-likeness (QED) is 0.0378. The number of halogens is 5. The minimum Gasteiger partial charge on any atom is -0.358 e. The van der Waals surface area contributed by atoms with Crippen LogP contribution < -0.4 is 17.0 Å². The number of H-pyrrole nitrogens is 4. The highest BCUT2D eigenvalue weighted by molar-refractivity contribution is 9.11. The molecule has 1 saturated carbocycles. The molecule has 4 aromatic heterocycles. The summed E-state index contributed by atoms with van der Waals surface area (Å²) in [5.41, 5.74) is 28.4. The molecule has 2 aliphatic heterocycles. The SMILES string of the molecule is CC1Cc2[nH]c3ccc(Br)cc3c2C1.C[C@@H]1Cc2[nH]c3ccc(Br)cc3c2C1.NC1Cc2[nH]c3ccc(Br)cc3c2C1.NNc1ccc(Br)cc1.O=C1C=CCC1.O=C1CC(=O)c2ccccc21.O=C1CCC(N2C(=O)c3ccccc3C2=O)C1.O=C1c2ccccc2C(=O)N1C1Cc2[nH]c3ccc(Br)cc3c2C1.